The summed E-state index contributed by atoms with van der Waals surface area (Å²) in [7, 11) is 2.86. The zero-order valence-electron chi connectivity index (χ0n) is 10.5. The first kappa shape index (κ1) is 14.3. The number of nitro benzene ring substituents is 1. The Hall–Kier alpha value is -1.79. The SMILES string of the molecule is COC(CC(=O)c1ccc(C)c([N+](=O)[O-])c1)OC. The van der Waals surface area contributed by atoms with Crippen molar-refractivity contribution in [2.45, 2.75) is 19.6 Å². The summed E-state index contributed by atoms with van der Waals surface area (Å²) in [5, 5.41) is 10.8. The van der Waals surface area contributed by atoms with Gasteiger partial charge in [0.15, 0.2) is 12.1 Å². The van der Waals surface area contributed by atoms with E-state index in [4.69, 9.17) is 9.47 Å². The Morgan fingerprint density at radius 2 is 2.00 bits per heavy atom. The van der Waals surface area contributed by atoms with Gasteiger partial charge in [-0.15, -0.1) is 0 Å². The molecular formula is C12H15NO5. The first-order valence-electron chi connectivity index (χ1n) is 5.33. The number of nitrogens with zero attached hydrogens (tertiary/aromatic N) is 1. The van der Waals surface area contributed by atoms with Crippen LogP contribution in [0.4, 0.5) is 5.69 Å². The van der Waals surface area contributed by atoms with E-state index in [0.29, 0.717) is 5.56 Å². The number of carbonyl (C=O) groups is 1. The summed E-state index contributed by atoms with van der Waals surface area (Å²) < 4.78 is 9.83. The van der Waals surface area contributed by atoms with E-state index in [2.05, 4.69) is 0 Å². The molecule has 0 atom stereocenters. The molecule has 0 aromatic heterocycles. The second-order valence-corrected chi connectivity index (χ2v) is 3.79. The van der Waals surface area contributed by atoms with Crippen molar-refractivity contribution in [3.05, 3.63) is 39.4 Å². The zero-order valence-corrected chi connectivity index (χ0v) is 10.5. The minimum Gasteiger partial charge on any atom is -0.355 e. The number of rotatable bonds is 6. The molecule has 0 aliphatic carbocycles. The third-order valence-electron chi connectivity index (χ3n) is 2.61. The number of ether oxygens (including phenoxy) is 2. The smallest absolute Gasteiger partial charge is 0.273 e. The molecule has 0 N–H and O–H groups in total. The molecule has 0 unspecified atom stereocenters. The maximum absolute atomic E-state index is 11.9. The second kappa shape index (κ2) is 6.23. The highest BCUT2D eigenvalue weighted by molar-refractivity contribution is 5.97. The van der Waals surface area contributed by atoms with E-state index in [1.165, 1.54) is 20.3 Å². The van der Waals surface area contributed by atoms with Crippen LogP contribution in [0.1, 0.15) is 22.3 Å². The molecule has 98 valence electrons. The van der Waals surface area contributed by atoms with Gasteiger partial charge >= 0.3 is 0 Å². The van der Waals surface area contributed by atoms with Crippen molar-refractivity contribution in [1.82, 2.24) is 0 Å². The molecule has 0 spiro atoms. The predicted molar refractivity (Wildman–Crippen MR) is 64.6 cm³/mol. The third-order valence-corrected chi connectivity index (χ3v) is 2.61. The van der Waals surface area contributed by atoms with Crippen LogP contribution in [-0.4, -0.2) is 31.2 Å². The summed E-state index contributed by atoms with van der Waals surface area (Å²) in [5.41, 5.74) is 0.741. The van der Waals surface area contributed by atoms with E-state index < -0.39 is 11.2 Å². The van der Waals surface area contributed by atoms with E-state index in [0.717, 1.165) is 0 Å². The molecule has 0 aliphatic heterocycles. The number of nitro groups is 1. The number of carbonyl (C=O) groups excluding carboxylic acids is 1. The first-order chi connectivity index (χ1) is 8.49. The number of hydrogen-bond acceptors (Lipinski definition) is 5. The summed E-state index contributed by atoms with van der Waals surface area (Å²) in [6.45, 7) is 1.62. The standard InChI is InChI=1S/C12H15NO5/c1-8-4-5-9(6-10(8)13(15)16)11(14)7-12(17-2)18-3/h4-6,12H,7H2,1-3H3. The van der Waals surface area contributed by atoms with E-state index in [9.17, 15) is 14.9 Å². The van der Waals surface area contributed by atoms with Crippen LogP contribution in [0, 0.1) is 17.0 Å². The Balaban J connectivity index is 2.93. The Bertz CT molecular complexity index is 454. The molecular weight excluding hydrogens is 238 g/mol. The fourth-order valence-electron chi connectivity index (χ4n) is 1.51. The number of benzene rings is 1. The van der Waals surface area contributed by atoms with Crippen LogP contribution >= 0.6 is 0 Å². The molecule has 18 heavy (non-hydrogen) atoms. The largest absolute Gasteiger partial charge is 0.355 e. The van der Waals surface area contributed by atoms with Gasteiger partial charge in [0.05, 0.1) is 11.3 Å². The molecule has 1 aromatic carbocycles. The molecule has 0 amide bonds. The summed E-state index contributed by atoms with van der Waals surface area (Å²) in [6, 6.07) is 4.40. The highest BCUT2D eigenvalue weighted by Crippen LogP contribution is 2.20. The Morgan fingerprint density at radius 1 is 1.39 bits per heavy atom. The minimum atomic E-state index is -0.641. The van der Waals surface area contributed by atoms with Crippen LogP contribution in [0.25, 0.3) is 0 Å². The molecule has 1 rings (SSSR count). The van der Waals surface area contributed by atoms with Crippen molar-refractivity contribution in [3.8, 4) is 0 Å². The van der Waals surface area contributed by atoms with Crippen molar-refractivity contribution < 1.29 is 19.2 Å². The number of Topliss-reactive ketones (excluding diaryl/α,β-unsaturated/α-hetero) is 1. The van der Waals surface area contributed by atoms with Gasteiger partial charge < -0.3 is 9.47 Å². The minimum absolute atomic E-state index is 0.0210. The molecule has 1 aromatic rings. The zero-order chi connectivity index (χ0) is 13.7. The van der Waals surface area contributed by atoms with Gasteiger partial charge in [0.25, 0.3) is 5.69 Å². The quantitative estimate of drug-likeness (QED) is 0.335. The molecule has 0 saturated heterocycles. The van der Waals surface area contributed by atoms with Crippen molar-refractivity contribution in [3.63, 3.8) is 0 Å². The van der Waals surface area contributed by atoms with E-state index in [1.54, 1.807) is 19.1 Å². The fourth-order valence-corrected chi connectivity index (χ4v) is 1.51. The van der Waals surface area contributed by atoms with E-state index >= 15 is 0 Å². The lowest BCUT2D eigenvalue weighted by atomic mass is 10.0. The average molecular weight is 253 g/mol. The summed E-state index contributed by atoms with van der Waals surface area (Å²) >= 11 is 0. The summed E-state index contributed by atoms with van der Waals surface area (Å²) in [6.07, 6.45) is -0.620. The highest BCUT2D eigenvalue weighted by Gasteiger charge is 2.18. The Kier molecular flexibility index (Phi) is 4.94. The van der Waals surface area contributed by atoms with Crippen molar-refractivity contribution in [2.24, 2.45) is 0 Å². The van der Waals surface area contributed by atoms with Crippen LogP contribution in [0.3, 0.4) is 0 Å². The molecule has 0 heterocycles. The molecule has 0 fully saturated rings. The van der Waals surface area contributed by atoms with E-state index in [1.807, 2.05) is 0 Å². The van der Waals surface area contributed by atoms with Crippen LogP contribution < -0.4 is 0 Å². The first-order valence-corrected chi connectivity index (χ1v) is 5.33. The average Bonchev–Trinajstić information content (AvgIpc) is 2.35. The van der Waals surface area contributed by atoms with Gasteiger partial charge in [-0.25, -0.2) is 0 Å². The topological polar surface area (TPSA) is 78.7 Å². The van der Waals surface area contributed by atoms with Gasteiger partial charge in [-0.2, -0.15) is 0 Å². The molecule has 0 radical (unpaired) electrons. The lowest BCUT2D eigenvalue weighted by Gasteiger charge is -2.12. The van der Waals surface area contributed by atoms with Crippen LogP contribution in [-0.2, 0) is 9.47 Å². The summed E-state index contributed by atoms with van der Waals surface area (Å²) in [4.78, 5) is 22.1. The lowest BCUT2D eigenvalue weighted by molar-refractivity contribution is -0.385. The maximum Gasteiger partial charge on any atom is 0.273 e. The van der Waals surface area contributed by atoms with Gasteiger partial charge in [-0.1, -0.05) is 12.1 Å². The van der Waals surface area contributed by atoms with Gasteiger partial charge in [0.1, 0.15) is 0 Å². The number of hydrogen-bond donors (Lipinski definition) is 0. The molecule has 6 nitrogen and oxygen atoms in total. The van der Waals surface area contributed by atoms with Gasteiger partial charge in [0.2, 0.25) is 0 Å². The van der Waals surface area contributed by atoms with Crippen molar-refractivity contribution >= 4 is 11.5 Å². The van der Waals surface area contributed by atoms with Crippen molar-refractivity contribution in [2.75, 3.05) is 14.2 Å². The Labute approximate surface area is 105 Å². The number of aryl methyl sites for hydroxylation is 1. The molecule has 0 aliphatic rings. The van der Waals surface area contributed by atoms with Gasteiger partial charge in [0, 0.05) is 31.4 Å². The van der Waals surface area contributed by atoms with Crippen LogP contribution in [0.5, 0.6) is 0 Å². The molecule has 0 saturated carbocycles. The normalized spacial score (nSPS) is 10.7. The van der Waals surface area contributed by atoms with Crippen molar-refractivity contribution in [1.29, 1.82) is 0 Å². The van der Waals surface area contributed by atoms with Gasteiger partial charge in [-0.05, 0) is 6.92 Å². The second-order valence-electron chi connectivity index (χ2n) is 3.79. The predicted octanol–water partition coefficient (Wildman–Crippen LogP) is 2.09. The van der Waals surface area contributed by atoms with E-state index in [-0.39, 0.29) is 23.5 Å². The summed E-state index contributed by atoms with van der Waals surface area (Å²) in [5.74, 6) is -0.258. The fraction of sp³-hybridized carbons (Fsp3) is 0.417. The number of methoxy groups -OCH3 is 2. The monoisotopic (exact) mass is 253 g/mol. The van der Waals surface area contributed by atoms with Crippen LogP contribution in [0.2, 0.25) is 0 Å². The maximum atomic E-state index is 11.9. The highest BCUT2D eigenvalue weighted by atomic mass is 16.7. The van der Waals surface area contributed by atoms with Gasteiger partial charge in [-0.3, -0.25) is 14.9 Å². The molecule has 0 bridgehead atoms. The number of ketones is 1. The third kappa shape index (κ3) is 3.35. The Morgan fingerprint density at radius 3 is 2.50 bits per heavy atom. The molecule has 6 heteroatoms. The van der Waals surface area contributed by atoms with Crippen LogP contribution in [0.15, 0.2) is 18.2 Å². The lowest BCUT2D eigenvalue weighted by Crippen LogP contribution is -2.18.